The fourth-order valence-electron chi connectivity index (χ4n) is 2.71. The molecule has 0 spiro atoms. The van der Waals surface area contributed by atoms with Crippen molar-refractivity contribution in [1.82, 2.24) is 0 Å². The minimum absolute atomic E-state index is 0.0956. The first-order chi connectivity index (χ1) is 7.04. The summed E-state index contributed by atoms with van der Waals surface area (Å²) in [4.78, 5) is 0. The van der Waals surface area contributed by atoms with Crippen LogP contribution in [-0.2, 0) is 11.8 Å². The molecule has 15 heavy (non-hydrogen) atoms. The molecule has 1 unspecified atom stereocenters. The van der Waals surface area contributed by atoms with Crippen LogP contribution >= 0.6 is 0 Å². The first-order valence-corrected chi connectivity index (χ1v) is 5.83. The summed E-state index contributed by atoms with van der Waals surface area (Å²) in [6, 6.07) is 5.31. The molecule has 0 fully saturated rings. The van der Waals surface area contributed by atoms with Crippen molar-refractivity contribution < 1.29 is 4.39 Å². The lowest BCUT2D eigenvalue weighted by atomic mass is 9.65. The van der Waals surface area contributed by atoms with Crippen LogP contribution in [-0.4, -0.2) is 0 Å². The summed E-state index contributed by atoms with van der Waals surface area (Å²) in [5, 5.41) is 0. The van der Waals surface area contributed by atoms with Crippen molar-refractivity contribution in [2.24, 2.45) is 5.92 Å². The third-order valence-electron chi connectivity index (χ3n) is 4.10. The van der Waals surface area contributed by atoms with E-state index in [1.165, 1.54) is 24.0 Å². The predicted molar refractivity (Wildman–Crippen MR) is 61.5 cm³/mol. The van der Waals surface area contributed by atoms with Crippen molar-refractivity contribution in [3.63, 3.8) is 0 Å². The molecule has 1 heteroatoms. The summed E-state index contributed by atoms with van der Waals surface area (Å²) in [6.45, 7) is 6.84. The van der Waals surface area contributed by atoms with E-state index in [1.807, 2.05) is 6.07 Å². The standard InChI is InChI=1S/C14H19F/c1-10(2)14(3)8-4-5-11-9-12(15)6-7-13(11)14/h6-7,9-10H,4-5,8H2,1-3H3. The highest BCUT2D eigenvalue weighted by Gasteiger charge is 2.34. The molecule has 0 heterocycles. The zero-order valence-electron chi connectivity index (χ0n) is 9.81. The van der Waals surface area contributed by atoms with Gasteiger partial charge in [0.1, 0.15) is 5.82 Å². The smallest absolute Gasteiger partial charge is 0.123 e. The maximum absolute atomic E-state index is 13.1. The maximum atomic E-state index is 13.1. The maximum Gasteiger partial charge on any atom is 0.123 e. The second-order valence-electron chi connectivity index (χ2n) is 5.23. The van der Waals surface area contributed by atoms with Gasteiger partial charge in [-0.15, -0.1) is 0 Å². The van der Waals surface area contributed by atoms with Gasteiger partial charge >= 0.3 is 0 Å². The van der Waals surface area contributed by atoms with E-state index in [2.05, 4.69) is 20.8 Å². The van der Waals surface area contributed by atoms with E-state index in [0.717, 1.165) is 6.42 Å². The van der Waals surface area contributed by atoms with Crippen LogP contribution in [0.2, 0.25) is 0 Å². The van der Waals surface area contributed by atoms with Crippen LogP contribution < -0.4 is 0 Å². The fourth-order valence-corrected chi connectivity index (χ4v) is 2.71. The summed E-state index contributed by atoms with van der Waals surface area (Å²) in [5.41, 5.74) is 2.82. The lowest BCUT2D eigenvalue weighted by Crippen LogP contribution is -2.33. The summed E-state index contributed by atoms with van der Waals surface area (Å²) in [7, 11) is 0. The van der Waals surface area contributed by atoms with Gasteiger partial charge in [-0.1, -0.05) is 26.8 Å². The molecule has 0 aromatic heterocycles. The number of benzene rings is 1. The fraction of sp³-hybridized carbons (Fsp3) is 0.571. The Labute approximate surface area is 91.5 Å². The van der Waals surface area contributed by atoms with Gasteiger partial charge < -0.3 is 0 Å². The Kier molecular flexibility index (Phi) is 2.57. The number of rotatable bonds is 1. The monoisotopic (exact) mass is 206 g/mol. The Morgan fingerprint density at radius 1 is 1.33 bits per heavy atom. The molecular formula is C14H19F. The first-order valence-electron chi connectivity index (χ1n) is 5.83. The Morgan fingerprint density at radius 2 is 2.07 bits per heavy atom. The number of hydrogen-bond donors (Lipinski definition) is 0. The molecule has 1 aromatic carbocycles. The van der Waals surface area contributed by atoms with E-state index in [4.69, 9.17) is 0 Å². The van der Waals surface area contributed by atoms with Crippen molar-refractivity contribution in [3.05, 3.63) is 35.1 Å². The number of aryl methyl sites for hydroxylation is 1. The van der Waals surface area contributed by atoms with Crippen LogP contribution in [0.25, 0.3) is 0 Å². The van der Waals surface area contributed by atoms with E-state index in [1.54, 1.807) is 12.1 Å². The van der Waals surface area contributed by atoms with E-state index < -0.39 is 0 Å². The number of fused-ring (bicyclic) bond motifs is 1. The number of hydrogen-bond acceptors (Lipinski definition) is 0. The molecule has 0 N–H and O–H groups in total. The molecule has 0 saturated carbocycles. The Balaban J connectivity index is 2.51. The molecular weight excluding hydrogens is 187 g/mol. The lowest BCUT2D eigenvalue weighted by Gasteiger charge is -2.39. The molecule has 0 radical (unpaired) electrons. The van der Waals surface area contributed by atoms with E-state index >= 15 is 0 Å². The third-order valence-corrected chi connectivity index (χ3v) is 4.10. The van der Waals surface area contributed by atoms with E-state index in [9.17, 15) is 4.39 Å². The molecule has 0 nitrogen and oxygen atoms in total. The molecule has 0 amide bonds. The van der Waals surface area contributed by atoms with Crippen molar-refractivity contribution >= 4 is 0 Å². The molecule has 0 aliphatic heterocycles. The molecule has 2 rings (SSSR count). The normalized spacial score (nSPS) is 25.4. The van der Waals surface area contributed by atoms with E-state index in [-0.39, 0.29) is 11.2 Å². The van der Waals surface area contributed by atoms with Gasteiger partial charge in [0.15, 0.2) is 0 Å². The van der Waals surface area contributed by atoms with Crippen LogP contribution in [0.3, 0.4) is 0 Å². The lowest BCUT2D eigenvalue weighted by molar-refractivity contribution is 0.289. The number of halogens is 1. The summed E-state index contributed by atoms with van der Waals surface area (Å²) in [6.07, 6.45) is 3.45. The Hall–Kier alpha value is -0.850. The molecule has 1 aliphatic carbocycles. The quantitative estimate of drug-likeness (QED) is 0.649. The summed E-state index contributed by atoms with van der Waals surface area (Å²) in [5.74, 6) is 0.517. The summed E-state index contributed by atoms with van der Waals surface area (Å²) < 4.78 is 13.1. The van der Waals surface area contributed by atoms with Crippen molar-refractivity contribution in [1.29, 1.82) is 0 Å². The van der Waals surface area contributed by atoms with Gasteiger partial charge in [-0.2, -0.15) is 0 Å². The van der Waals surface area contributed by atoms with Gasteiger partial charge in [0, 0.05) is 0 Å². The largest absolute Gasteiger partial charge is 0.207 e. The topological polar surface area (TPSA) is 0 Å². The average Bonchev–Trinajstić information content (AvgIpc) is 2.17. The van der Waals surface area contributed by atoms with Crippen molar-refractivity contribution in [2.45, 2.75) is 45.4 Å². The van der Waals surface area contributed by atoms with Gasteiger partial charge in [0.2, 0.25) is 0 Å². The van der Waals surface area contributed by atoms with Crippen LogP contribution in [0.5, 0.6) is 0 Å². The Morgan fingerprint density at radius 3 is 2.73 bits per heavy atom. The predicted octanol–water partition coefficient (Wildman–Crippen LogP) is 4.08. The molecule has 0 saturated heterocycles. The van der Waals surface area contributed by atoms with Gasteiger partial charge in [-0.25, -0.2) is 4.39 Å². The molecule has 82 valence electrons. The highest BCUT2D eigenvalue weighted by molar-refractivity contribution is 5.37. The molecule has 1 aliphatic rings. The second-order valence-corrected chi connectivity index (χ2v) is 5.23. The van der Waals surface area contributed by atoms with Crippen molar-refractivity contribution in [3.8, 4) is 0 Å². The van der Waals surface area contributed by atoms with Gasteiger partial charge in [0.05, 0.1) is 0 Å². The van der Waals surface area contributed by atoms with Crippen LogP contribution in [0.1, 0.15) is 44.7 Å². The molecule has 1 atom stereocenters. The van der Waals surface area contributed by atoms with E-state index in [0.29, 0.717) is 5.92 Å². The third kappa shape index (κ3) is 1.68. The van der Waals surface area contributed by atoms with Crippen LogP contribution in [0.15, 0.2) is 18.2 Å². The Bertz CT molecular complexity index is 368. The second kappa shape index (κ2) is 3.62. The van der Waals surface area contributed by atoms with Crippen LogP contribution in [0.4, 0.5) is 4.39 Å². The first kappa shape index (κ1) is 10.7. The highest BCUT2D eigenvalue weighted by atomic mass is 19.1. The zero-order chi connectivity index (χ0) is 11.1. The molecule has 0 bridgehead atoms. The minimum Gasteiger partial charge on any atom is -0.207 e. The van der Waals surface area contributed by atoms with Gasteiger partial charge in [-0.05, 0) is 53.9 Å². The molecule has 1 aromatic rings. The van der Waals surface area contributed by atoms with Gasteiger partial charge in [-0.3, -0.25) is 0 Å². The summed E-state index contributed by atoms with van der Waals surface area (Å²) >= 11 is 0. The minimum atomic E-state index is -0.0956. The average molecular weight is 206 g/mol. The van der Waals surface area contributed by atoms with Crippen LogP contribution in [0, 0.1) is 11.7 Å². The van der Waals surface area contributed by atoms with Crippen molar-refractivity contribution in [2.75, 3.05) is 0 Å². The highest BCUT2D eigenvalue weighted by Crippen LogP contribution is 2.42. The van der Waals surface area contributed by atoms with Gasteiger partial charge in [0.25, 0.3) is 0 Å². The SMILES string of the molecule is CC(C)C1(C)CCCc2cc(F)ccc21. The zero-order valence-corrected chi connectivity index (χ0v) is 9.81.